The molecule has 0 aromatic heterocycles. The lowest BCUT2D eigenvalue weighted by atomic mass is 9.74. The van der Waals surface area contributed by atoms with Gasteiger partial charge in [0, 0.05) is 24.5 Å². The summed E-state index contributed by atoms with van der Waals surface area (Å²) in [5.41, 5.74) is 0.325. The first-order chi connectivity index (χ1) is 8.04. The molecule has 0 spiro atoms. The molecule has 1 aliphatic heterocycles. The predicted molar refractivity (Wildman–Crippen MR) is 74.5 cm³/mol. The van der Waals surface area contributed by atoms with Crippen LogP contribution in [0.4, 0.5) is 0 Å². The van der Waals surface area contributed by atoms with Gasteiger partial charge in [-0.05, 0) is 53.4 Å². The van der Waals surface area contributed by atoms with E-state index in [0.29, 0.717) is 0 Å². The molecule has 0 amide bonds. The summed E-state index contributed by atoms with van der Waals surface area (Å²) >= 11 is 0. The zero-order valence-electron chi connectivity index (χ0n) is 13.0. The fraction of sp³-hybridized carbons (Fsp3) is 0.933. The van der Waals surface area contributed by atoms with Crippen LogP contribution in [-0.4, -0.2) is 34.6 Å². The third-order valence-electron chi connectivity index (χ3n) is 3.96. The second kappa shape index (κ2) is 5.20. The summed E-state index contributed by atoms with van der Waals surface area (Å²) in [6.07, 6.45) is 2.35. The van der Waals surface area contributed by atoms with Crippen LogP contribution in [0.25, 0.3) is 0 Å². The molecule has 0 radical (unpaired) electrons. The van der Waals surface area contributed by atoms with Crippen molar-refractivity contribution in [2.24, 2.45) is 5.92 Å². The van der Waals surface area contributed by atoms with Crippen LogP contribution in [-0.2, 0) is 9.53 Å². The van der Waals surface area contributed by atoms with Gasteiger partial charge in [-0.25, -0.2) is 0 Å². The van der Waals surface area contributed by atoms with Gasteiger partial charge in [0.2, 0.25) is 0 Å². The Balaban J connectivity index is 2.79. The summed E-state index contributed by atoms with van der Waals surface area (Å²) in [5, 5.41) is 0. The Hall–Kier alpha value is -0.570. The molecular formula is C15H29NO2. The third kappa shape index (κ3) is 3.71. The van der Waals surface area contributed by atoms with Crippen LogP contribution in [0.15, 0.2) is 0 Å². The molecule has 1 saturated heterocycles. The normalized spacial score (nSPS) is 25.7. The lowest BCUT2D eigenvalue weighted by molar-refractivity contribution is -0.150. The summed E-state index contributed by atoms with van der Waals surface area (Å²) in [5.74, 6) is 0.554. The Labute approximate surface area is 112 Å². The maximum absolute atomic E-state index is 11.0. The van der Waals surface area contributed by atoms with E-state index in [2.05, 4.69) is 39.5 Å². The van der Waals surface area contributed by atoms with Crippen molar-refractivity contribution in [3.63, 3.8) is 0 Å². The Bertz CT molecular complexity index is 292. The number of carbonyl (C=O) groups excluding carboxylic acids is 1. The summed E-state index contributed by atoms with van der Waals surface area (Å²) in [4.78, 5) is 13.5. The number of esters is 1. The van der Waals surface area contributed by atoms with Gasteiger partial charge in [-0.1, -0.05) is 6.92 Å². The second-order valence-electron chi connectivity index (χ2n) is 7.17. The monoisotopic (exact) mass is 255 g/mol. The maximum atomic E-state index is 11.0. The lowest BCUT2D eigenvalue weighted by Gasteiger charge is -2.55. The van der Waals surface area contributed by atoms with Crippen LogP contribution in [0.2, 0.25) is 0 Å². The highest BCUT2D eigenvalue weighted by Gasteiger charge is 2.44. The van der Waals surface area contributed by atoms with Crippen LogP contribution in [0, 0.1) is 5.92 Å². The van der Waals surface area contributed by atoms with Gasteiger partial charge in [0.05, 0.1) is 0 Å². The largest absolute Gasteiger partial charge is 0.461 e. The molecule has 3 heteroatoms. The molecule has 0 bridgehead atoms. The van der Waals surface area contributed by atoms with Crippen molar-refractivity contribution in [1.82, 2.24) is 4.90 Å². The molecule has 0 aliphatic carbocycles. The Morgan fingerprint density at radius 1 is 1.28 bits per heavy atom. The van der Waals surface area contributed by atoms with Crippen molar-refractivity contribution in [2.45, 2.75) is 78.5 Å². The number of likely N-dealkylation sites (tertiary alicyclic amines) is 1. The highest BCUT2D eigenvalue weighted by atomic mass is 16.5. The van der Waals surface area contributed by atoms with E-state index < -0.39 is 0 Å². The average Bonchev–Trinajstić information content (AvgIpc) is 2.08. The van der Waals surface area contributed by atoms with E-state index in [1.54, 1.807) is 0 Å². The number of hydrogen-bond donors (Lipinski definition) is 0. The highest BCUT2D eigenvalue weighted by Crippen LogP contribution is 2.41. The molecule has 1 atom stereocenters. The zero-order valence-corrected chi connectivity index (χ0v) is 13.0. The van der Waals surface area contributed by atoms with Crippen LogP contribution >= 0.6 is 0 Å². The minimum atomic E-state index is -0.191. The molecule has 1 fully saturated rings. The van der Waals surface area contributed by atoms with E-state index in [-0.39, 0.29) is 23.2 Å². The van der Waals surface area contributed by atoms with Gasteiger partial charge in [-0.2, -0.15) is 0 Å². The number of carbonyl (C=O) groups is 1. The average molecular weight is 255 g/mol. The van der Waals surface area contributed by atoms with Gasteiger partial charge in [0.15, 0.2) is 0 Å². The van der Waals surface area contributed by atoms with Crippen molar-refractivity contribution in [1.29, 1.82) is 0 Å². The van der Waals surface area contributed by atoms with Gasteiger partial charge in [0.1, 0.15) is 6.10 Å². The lowest BCUT2D eigenvalue weighted by Crippen LogP contribution is -2.62. The van der Waals surface area contributed by atoms with Gasteiger partial charge in [0.25, 0.3) is 0 Å². The molecule has 1 aliphatic rings. The van der Waals surface area contributed by atoms with Gasteiger partial charge >= 0.3 is 5.97 Å². The van der Waals surface area contributed by atoms with E-state index in [4.69, 9.17) is 4.74 Å². The quantitative estimate of drug-likeness (QED) is 0.725. The van der Waals surface area contributed by atoms with Crippen molar-refractivity contribution < 1.29 is 9.53 Å². The minimum Gasteiger partial charge on any atom is -0.461 e. The van der Waals surface area contributed by atoms with Crippen LogP contribution in [0.3, 0.4) is 0 Å². The SMILES string of the molecule is CC(=O)OC(C)CN1C(C)(C)CC(C)CC1(C)C. The van der Waals surface area contributed by atoms with Crippen molar-refractivity contribution in [3.8, 4) is 0 Å². The Morgan fingerprint density at radius 2 is 1.72 bits per heavy atom. The topological polar surface area (TPSA) is 29.5 Å². The standard InChI is InChI=1S/C15H29NO2/c1-11-8-14(4,5)16(15(6,7)9-11)10-12(2)18-13(3)17/h11-12H,8-10H2,1-7H3. The smallest absolute Gasteiger partial charge is 0.302 e. The third-order valence-corrected chi connectivity index (χ3v) is 3.96. The van der Waals surface area contributed by atoms with E-state index >= 15 is 0 Å². The Morgan fingerprint density at radius 3 is 2.11 bits per heavy atom. The summed E-state index contributed by atoms with van der Waals surface area (Å²) in [7, 11) is 0. The molecule has 18 heavy (non-hydrogen) atoms. The zero-order chi connectivity index (χ0) is 14.1. The van der Waals surface area contributed by atoms with Crippen LogP contribution in [0.5, 0.6) is 0 Å². The van der Waals surface area contributed by atoms with Crippen molar-refractivity contribution >= 4 is 5.97 Å². The number of piperidine rings is 1. The molecule has 0 aromatic rings. The van der Waals surface area contributed by atoms with Crippen molar-refractivity contribution in [3.05, 3.63) is 0 Å². The van der Waals surface area contributed by atoms with Crippen molar-refractivity contribution in [2.75, 3.05) is 6.54 Å². The number of ether oxygens (including phenoxy) is 1. The van der Waals surface area contributed by atoms with Crippen LogP contribution in [0.1, 0.15) is 61.3 Å². The van der Waals surface area contributed by atoms with E-state index in [9.17, 15) is 4.79 Å². The molecule has 0 N–H and O–H groups in total. The summed E-state index contributed by atoms with van der Waals surface area (Å²) < 4.78 is 5.29. The molecule has 3 nitrogen and oxygen atoms in total. The molecule has 1 unspecified atom stereocenters. The molecule has 0 aromatic carbocycles. The van der Waals surface area contributed by atoms with Gasteiger partial charge < -0.3 is 4.74 Å². The van der Waals surface area contributed by atoms with E-state index in [1.165, 1.54) is 19.8 Å². The fourth-order valence-corrected chi connectivity index (χ4v) is 3.89. The Kier molecular flexibility index (Phi) is 4.47. The first kappa shape index (κ1) is 15.5. The summed E-state index contributed by atoms with van der Waals surface area (Å²) in [6.45, 7) is 15.8. The highest BCUT2D eigenvalue weighted by molar-refractivity contribution is 5.66. The maximum Gasteiger partial charge on any atom is 0.302 e. The van der Waals surface area contributed by atoms with Crippen LogP contribution < -0.4 is 0 Å². The summed E-state index contributed by atoms with van der Waals surface area (Å²) in [6, 6.07) is 0. The predicted octanol–water partition coefficient (Wildman–Crippen LogP) is 3.23. The first-order valence-electron chi connectivity index (χ1n) is 6.99. The number of rotatable bonds is 3. The first-order valence-corrected chi connectivity index (χ1v) is 6.99. The van der Waals surface area contributed by atoms with Gasteiger partial charge in [-0.3, -0.25) is 9.69 Å². The fourth-order valence-electron chi connectivity index (χ4n) is 3.89. The number of nitrogens with zero attached hydrogens (tertiary/aromatic N) is 1. The molecule has 0 saturated carbocycles. The van der Waals surface area contributed by atoms with E-state index in [1.807, 2.05) is 6.92 Å². The number of hydrogen-bond acceptors (Lipinski definition) is 3. The second-order valence-corrected chi connectivity index (χ2v) is 7.17. The minimum absolute atomic E-state index is 0.0468. The van der Waals surface area contributed by atoms with E-state index in [0.717, 1.165) is 12.5 Å². The molecular weight excluding hydrogens is 226 g/mol. The molecule has 1 heterocycles. The molecule has 106 valence electrons. The van der Waals surface area contributed by atoms with Gasteiger partial charge in [-0.15, -0.1) is 0 Å². The molecule has 1 rings (SSSR count).